The largest absolute Gasteiger partial charge is 0.437 e. The summed E-state index contributed by atoms with van der Waals surface area (Å²) >= 11 is 0. The number of nitrogens with zero attached hydrogens (tertiary/aromatic N) is 2. The fourth-order valence-corrected chi connectivity index (χ4v) is 2.74. The Kier molecular flexibility index (Phi) is 6.96. The van der Waals surface area contributed by atoms with Gasteiger partial charge in [-0.15, -0.1) is 10.2 Å². The summed E-state index contributed by atoms with van der Waals surface area (Å²) < 4.78 is 39.3. The smallest absolute Gasteiger partial charge is 0.166 e. The van der Waals surface area contributed by atoms with Crippen molar-refractivity contribution in [3.63, 3.8) is 0 Å². The van der Waals surface area contributed by atoms with Gasteiger partial charge in [0.2, 0.25) is 0 Å². The summed E-state index contributed by atoms with van der Waals surface area (Å²) in [6.07, 6.45) is 4.99. The van der Waals surface area contributed by atoms with Crippen LogP contribution in [0.1, 0.15) is 78.1 Å². The zero-order valence-electron chi connectivity index (χ0n) is 12.7. The molecular formula is C15H27F3N2. The standard InChI is InChI=1S/C15H27F3N2/c1-3-5-7-9-11-13(12-10-8-6-4-2)14(19-20-14)15(16,17)18/h13H,3-12H2,1-2H3. The van der Waals surface area contributed by atoms with Crippen molar-refractivity contribution in [1.29, 1.82) is 0 Å². The molecule has 0 fully saturated rings. The fraction of sp³-hybridized carbons (Fsp3) is 1.00. The van der Waals surface area contributed by atoms with Gasteiger partial charge in [0.15, 0.2) is 0 Å². The number of hydrogen-bond acceptors (Lipinski definition) is 2. The van der Waals surface area contributed by atoms with Gasteiger partial charge in [-0.2, -0.15) is 13.2 Å². The molecular weight excluding hydrogens is 265 g/mol. The minimum absolute atomic E-state index is 0.448. The highest BCUT2D eigenvalue weighted by atomic mass is 19.4. The molecule has 0 aromatic rings. The summed E-state index contributed by atoms with van der Waals surface area (Å²) in [7, 11) is 0. The van der Waals surface area contributed by atoms with Gasteiger partial charge in [-0.05, 0) is 12.8 Å². The van der Waals surface area contributed by atoms with E-state index in [2.05, 4.69) is 24.1 Å². The molecule has 0 aromatic heterocycles. The number of hydrogen-bond donors (Lipinski definition) is 0. The molecule has 1 rings (SSSR count). The van der Waals surface area contributed by atoms with E-state index < -0.39 is 17.8 Å². The van der Waals surface area contributed by atoms with Crippen LogP contribution >= 0.6 is 0 Å². The zero-order chi connectivity index (χ0) is 15.1. The van der Waals surface area contributed by atoms with Crippen molar-refractivity contribution in [3.05, 3.63) is 0 Å². The summed E-state index contributed by atoms with van der Waals surface area (Å²) in [5.41, 5.74) is -2.05. The third-order valence-corrected chi connectivity index (χ3v) is 4.11. The lowest BCUT2D eigenvalue weighted by atomic mass is 9.85. The van der Waals surface area contributed by atoms with Gasteiger partial charge in [0.1, 0.15) is 0 Å². The molecule has 0 atom stereocenters. The van der Waals surface area contributed by atoms with Crippen LogP contribution in [0, 0.1) is 5.92 Å². The summed E-state index contributed by atoms with van der Waals surface area (Å²) in [5, 5.41) is 6.81. The summed E-state index contributed by atoms with van der Waals surface area (Å²) in [6.45, 7) is 4.20. The maximum absolute atomic E-state index is 13.1. The molecule has 0 unspecified atom stereocenters. The number of unbranched alkanes of at least 4 members (excludes halogenated alkanes) is 6. The minimum atomic E-state index is -4.31. The van der Waals surface area contributed by atoms with E-state index in [1.165, 1.54) is 0 Å². The molecule has 0 aromatic carbocycles. The number of halogens is 3. The molecule has 2 nitrogen and oxygen atoms in total. The molecule has 0 bridgehead atoms. The molecule has 0 amide bonds. The molecule has 0 radical (unpaired) electrons. The molecule has 0 saturated heterocycles. The van der Waals surface area contributed by atoms with Crippen molar-refractivity contribution in [2.45, 2.75) is 89.9 Å². The minimum Gasteiger partial charge on any atom is -0.166 e. The normalized spacial score (nSPS) is 16.9. The summed E-state index contributed by atoms with van der Waals surface area (Å²) in [6, 6.07) is 0. The van der Waals surface area contributed by atoms with E-state index in [0.717, 1.165) is 51.4 Å². The van der Waals surface area contributed by atoms with Crippen molar-refractivity contribution in [2.75, 3.05) is 0 Å². The van der Waals surface area contributed by atoms with Crippen molar-refractivity contribution in [2.24, 2.45) is 16.1 Å². The lowest BCUT2D eigenvalue weighted by Gasteiger charge is -2.25. The van der Waals surface area contributed by atoms with Crippen LogP contribution in [-0.2, 0) is 0 Å². The topological polar surface area (TPSA) is 24.7 Å². The van der Waals surface area contributed by atoms with Gasteiger partial charge < -0.3 is 0 Å². The first-order chi connectivity index (χ1) is 9.48. The molecule has 20 heavy (non-hydrogen) atoms. The van der Waals surface area contributed by atoms with Crippen molar-refractivity contribution in [3.8, 4) is 0 Å². The Morgan fingerprint density at radius 2 is 1.25 bits per heavy atom. The van der Waals surface area contributed by atoms with Crippen molar-refractivity contribution < 1.29 is 13.2 Å². The van der Waals surface area contributed by atoms with Crippen molar-refractivity contribution in [1.82, 2.24) is 0 Å². The lowest BCUT2D eigenvalue weighted by Crippen LogP contribution is -2.40. The average molecular weight is 292 g/mol. The fourth-order valence-electron chi connectivity index (χ4n) is 2.74. The molecule has 0 spiro atoms. The van der Waals surface area contributed by atoms with Gasteiger partial charge in [-0.3, -0.25) is 0 Å². The second-order valence-electron chi connectivity index (χ2n) is 5.82. The van der Waals surface area contributed by atoms with E-state index in [-0.39, 0.29) is 0 Å². The van der Waals surface area contributed by atoms with Gasteiger partial charge in [0.05, 0.1) is 0 Å². The van der Waals surface area contributed by atoms with Gasteiger partial charge in [0, 0.05) is 5.92 Å². The predicted octanol–water partition coefficient (Wildman–Crippen LogP) is 6.27. The molecule has 0 saturated carbocycles. The molecule has 1 aliphatic heterocycles. The van der Waals surface area contributed by atoms with Gasteiger partial charge >= 0.3 is 6.18 Å². The van der Waals surface area contributed by atoms with Crippen molar-refractivity contribution >= 4 is 0 Å². The van der Waals surface area contributed by atoms with E-state index in [0.29, 0.717) is 12.8 Å². The first-order valence-corrected chi connectivity index (χ1v) is 7.98. The molecule has 0 aliphatic carbocycles. The Labute approximate surface area is 120 Å². The van der Waals surface area contributed by atoms with Crippen LogP contribution in [0.5, 0.6) is 0 Å². The van der Waals surface area contributed by atoms with E-state index in [1.807, 2.05) is 0 Å². The van der Waals surface area contributed by atoms with Crippen LogP contribution in [0.2, 0.25) is 0 Å². The molecule has 0 N–H and O–H groups in total. The maximum Gasteiger partial charge on any atom is 0.437 e. The molecule has 5 heteroatoms. The Balaban J connectivity index is 2.47. The third-order valence-electron chi connectivity index (χ3n) is 4.11. The zero-order valence-corrected chi connectivity index (χ0v) is 12.7. The number of alkyl halides is 3. The molecule has 118 valence electrons. The number of rotatable bonds is 11. The average Bonchev–Trinajstić information content (AvgIpc) is 3.18. The second-order valence-corrected chi connectivity index (χ2v) is 5.82. The molecule has 1 aliphatic rings. The van der Waals surface area contributed by atoms with E-state index in [9.17, 15) is 13.2 Å². The van der Waals surface area contributed by atoms with E-state index in [4.69, 9.17) is 0 Å². The van der Waals surface area contributed by atoms with Crippen LogP contribution in [0.15, 0.2) is 10.2 Å². The van der Waals surface area contributed by atoms with Crippen LogP contribution in [-0.4, -0.2) is 11.8 Å². The highest BCUT2D eigenvalue weighted by Gasteiger charge is 2.67. The second kappa shape index (κ2) is 7.99. The Morgan fingerprint density at radius 1 is 0.800 bits per heavy atom. The van der Waals surface area contributed by atoms with Gasteiger partial charge in [-0.1, -0.05) is 65.2 Å². The maximum atomic E-state index is 13.1. The Hall–Kier alpha value is -0.610. The quantitative estimate of drug-likeness (QED) is 0.401. The lowest BCUT2D eigenvalue weighted by molar-refractivity contribution is -0.178. The molecule has 1 heterocycles. The highest BCUT2D eigenvalue weighted by molar-refractivity contribution is 5.05. The predicted molar refractivity (Wildman–Crippen MR) is 74.7 cm³/mol. The van der Waals surface area contributed by atoms with Gasteiger partial charge in [-0.25, -0.2) is 0 Å². The summed E-state index contributed by atoms with van der Waals surface area (Å²) in [5.74, 6) is -0.448. The first-order valence-electron chi connectivity index (χ1n) is 7.98. The van der Waals surface area contributed by atoms with Gasteiger partial charge in [0.25, 0.3) is 5.66 Å². The third kappa shape index (κ3) is 4.74. The van der Waals surface area contributed by atoms with Crippen LogP contribution in [0.4, 0.5) is 13.2 Å². The Bertz CT molecular complexity index is 282. The van der Waals surface area contributed by atoms with Crippen LogP contribution in [0.25, 0.3) is 0 Å². The highest BCUT2D eigenvalue weighted by Crippen LogP contribution is 2.52. The monoisotopic (exact) mass is 292 g/mol. The van der Waals surface area contributed by atoms with Crippen LogP contribution < -0.4 is 0 Å². The Morgan fingerprint density at radius 3 is 1.55 bits per heavy atom. The SMILES string of the molecule is CCCCCCC(CCCCCC)C1(C(F)(F)F)N=N1. The van der Waals surface area contributed by atoms with E-state index >= 15 is 0 Å². The first kappa shape index (κ1) is 17.4. The van der Waals surface area contributed by atoms with E-state index in [1.54, 1.807) is 0 Å². The van der Waals surface area contributed by atoms with Crippen LogP contribution in [0.3, 0.4) is 0 Å². The summed E-state index contributed by atoms with van der Waals surface area (Å²) in [4.78, 5) is 0.